The smallest absolute Gasteiger partial charge is 0.0282 e. The van der Waals surface area contributed by atoms with Crippen molar-refractivity contribution in [3.63, 3.8) is 0 Å². The zero-order valence-corrected chi connectivity index (χ0v) is 12.4. The molecule has 0 saturated carbocycles. The number of nitrogens with zero attached hydrogens (tertiary/aromatic N) is 1. The summed E-state index contributed by atoms with van der Waals surface area (Å²) in [6, 6.07) is 0.692. The first kappa shape index (κ1) is 13.7. The minimum Gasteiger partial charge on any atom is -0.386 e. The van der Waals surface area contributed by atoms with E-state index in [0.29, 0.717) is 11.5 Å². The van der Waals surface area contributed by atoms with E-state index in [9.17, 15) is 0 Å². The lowest BCUT2D eigenvalue weighted by molar-refractivity contribution is 0.240. The minimum atomic E-state index is 0.329. The van der Waals surface area contributed by atoms with Crippen LogP contribution in [0.5, 0.6) is 0 Å². The van der Waals surface area contributed by atoms with Crippen molar-refractivity contribution in [2.24, 2.45) is 5.41 Å². The third-order valence-corrected chi connectivity index (χ3v) is 4.22. The maximum Gasteiger partial charge on any atom is 0.0282 e. The van der Waals surface area contributed by atoms with Crippen LogP contribution in [0.1, 0.15) is 46.5 Å². The van der Waals surface area contributed by atoms with E-state index in [2.05, 4.69) is 50.2 Å². The Labute approximate surface area is 112 Å². The summed E-state index contributed by atoms with van der Waals surface area (Å²) >= 11 is 0. The third-order valence-electron chi connectivity index (χ3n) is 4.22. The molecule has 0 amide bonds. The molecule has 2 heteroatoms. The molecule has 102 valence electrons. The lowest BCUT2D eigenvalue weighted by atomic mass is 9.81. The first-order valence-electron chi connectivity index (χ1n) is 7.30. The number of rotatable bonds is 2. The molecular weight excluding hydrogens is 220 g/mol. The second-order valence-corrected chi connectivity index (χ2v) is 6.86. The predicted octanol–water partition coefficient (Wildman–Crippen LogP) is 3.32. The lowest BCUT2D eigenvalue weighted by Crippen LogP contribution is -2.40. The highest BCUT2D eigenvalue weighted by Crippen LogP contribution is 2.32. The molecule has 0 unspecified atom stereocenters. The third kappa shape index (κ3) is 3.61. The molecule has 1 N–H and O–H groups in total. The maximum absolute atomic E-state index is 3.74. The van der Waals surface area contributed by atoms with E-state index in [4.69, 9.17) is 0 Å². The summed E-state index contributed by atoms with van der Waals surface area (Å²) in [5.74, 6) is 0. The Kier molecular flexibility index (Phi) is 4.16. The average Bonchev–Trinajstić information content (AvgIpc) is 2.32. The quantitative estimate of drug-likeness (QED) is 0.806. The number of piperidine rings is 1. The van der Waals surface area contributed by atoms with E-state index in [1.807, 2.05) is 0 Å². The van der Waals surface area contributed by atoms with Gasteiger partial charge in [-0.2, -0.15) is 0 Å². The number of nitrogens with one attached hydrogen (secondary N) is 1. The normalized spacial score (nSPS) is 23.6. The predicted molar refractivity (Wildman–Crippen MR) is 78.5 cm³/mol. The lowest BCUT2D eigenvalue weighted by Gasteiger charge is -2.32. The van der Waals surface area contributed by atoms with Gasteiger partial charge >= 0.3 is 0 Å². The SMILES string of the molecule is CN1CCC(NC2=CC=C(C(C)(C)C)CC2)CC1. The highest BCUT2D eigenvalue weighted by molar-refractivity contribution is 5.26. The molecule has 0 aromatic carbocycles. The van der Waals surface area contributed by atoms with Gasteiger partial charge in [0.25, 0.3) is 0 Å². The van der Waals surface area contributed by atoms with Crippen molar-refractivity contribution in [1.82, 2.24) is 10.2 Å². The first-order chi connectivity index (χ1) is 8.45. The Bertz CT molecular complexity index is 339. The van der Waals surface area contributed by atoms with Gasteiger partial charge in [0.2, 0.25) is 0 Å². The second kappa shape index (κ2) is 5.48. The van der Waals surface area contributed by atoms with Crippen LogP contribution in [-0.2, 0) is 0 Å². The zero-order chi connectivity index (χ0) is 13.2. The van der Waals surface area contributed by atoms with Gasteiger partial charge in [-0.15, -0.1) is 0 Å². The van der Waals surface area contributed by atoms with Gasteiger partial charge in [-0.25, -0.2) is 0 Å². The molecule has 1 aliphatic carbocycles. The number of likely N-dealkylation sites (tertiary alicyclic amines) is 1. The molecule has 1 heterocycles. The fourth-order valence-electron chi connectivity index (χ4n) is 2.80. The van der Waals surface area contributed by atoms with E-state index in [1.54, 1.807) is 5.57 Å². The van der Waals surface area contributed by atoms with Gasteiger partial charge in [0.05, 0.1) is 0 Å². The Hall–Kier alpha value is -0.760. The van der Waals surface area contributed by atoms with Gasteiger partial charge in [0, 0.05) is 11.7 Å². The Balaban J connectivity index is 1.88. The van der Waals surface area contributed by atoms with Crippen LogP contribution in [0.25, 0.3) is 0 Å². The van der Waals surface area contributed by atoms with Crippen molar-refractivity contribution in [3.05, 3.63) is 23.4 Å². The standard InChI is InChI=1S/C16H28N2/c1-16(2,3)13-5-7-14(8-6-13)17-15-9-11-18(4)12-10-15/h5,7,15,17H,6,8-12H2,1-4H3. The topological polar surface area (TPSA) is 15.3 Å². The highest BCUT2D eigenvalue weighted by Gasteiger charge is 2.21. The molecule has 2 aliphatic rings. The van der Waals surface area contributed by atoms with Crippen molar-refractivity contribution in [1.29, 1.82) is 0 Å². The van der Waals surface area contributed by atoms with E-state index in [1.165, 1.54) is 44.5 Å². The van der Waals surface area contributed by atoms with Gasteiger partial charge in [0.1, 0.15) is 0 Å². The molecule has 1 saturated heterocycles. The van der Waals surface area contributed by atoms with Gasteiger partial charge in [-0.3, -0.25) is 0 Å². The van der Waals surface area contributed by atoms with Crippen molar-refractivity contribution in [3.8, 4) is 0 Å². The van der Waals surface area contributed by atoms with E-state index in [0.717, 1.165) is 0 Å². The summed E-state index contributed by atoms with van der Waals surface area (Å²) in [5.41, 5.74) is 3.35. The van der Waals surface area contributed by atoms with Crippen LogP contribution in [0.2, 0.25) is 0 Å². The summed E-state index contributed by atoms with van der Waals surface area (Å²) in [6.45, 7) is 9.38. The molecule has 0 radical (unpaired) electrons. The van der Waals surface area contributed by atoms with E-state index < -0.39 is 0 Å². The van der Waals surface area contributed by atoms with Crippen LogP contribution in [0.3, 0.4) is 0 Å². The summed E-state index contributed by atoms with van der Waals surface area (Å²) in [4.78, 5) is 2.42. The molecule has 2 rings (SSSR count). The maximum atomic E-state index is 3.74. The summed E-state index contributed by atoms with van der Waals surface area (Å²) < 4.78 is 0. The molecule has 1 fully saturated rings. The molecule has 2 nitrogen and oxygen atoms in total. The van der Waals surface area contributed by atoms with Crippen LogP contribution >= 0.6 is 0 Å². The Morgan fingerprint density at radius 3 is 2.28 bits per heavy atom. The van der Waals surface area contributed by atoms with E-state index >= 15 is 0 Å². The van der Waals surface area contributed by atoms with Gasteiger partial charge in [-0.1, -0.05) is 32.4 Å². The summed E-state index contributed by atoms with van der Waals surface area (Å²) in [5, 5.41) is 3.74. The molecule has 0 aromatic heterocycles. The molecule has 0 bridgehead atoms. The van der Waals surface area contributed by atoms with Crippen LogP contribution in [0.4, 0.5) is 0 Å². The van der Waals surface area contributed by atoms with Crippen molar-refractivity contribution in [2.75, 3.05) is 20.1 Å². The first-order valence-corrected chi connectivity index (χ1v) is 7.30. The largest absolute Gasteiger partial charge is 0.386 e. The van der Waals surface area contributed by atoms with Crippen molar-refractivity contribution < 1.29 is 0 Å². The second-order valence-electron chi connectivity index (χ2n) is 6.86. The minimum absolute atomic E-state index is 0.329. The molecule has 0 spiro atoms. The van der Waals surface area contributed by atoms with Crippen molar-refractivity contribution >= 4 is 0 Å². The van der Waals surface area contributed by atoms with Crippen LogP contribution < -0.4 is 5.32 Å². The highest BCUT2D eigenvalue weighted by atomic mass is 15.1. The van der Waals surface area contributed by atoms with Crippen LogP contribution in [0.15, 0.2) is 23.4 Å². The number of hydrogen-bond donors (Lipinski definition) is 1. The number of hydrogen-bond acceptors (Lipinski definition) is 2. The molecule has 0 atom stereocenters. The van der Waals surface area contributed by atoms with E-state index in [-0.39, 0.29) is 0 Å². The van der Waals surface area contributed by atoms with Gasteiger partial charge in [-0.05, 0) is 57.3 Å². The Morgan fingerprint density at radius 1 is 1.11 bits per heavy atom. The average molecular weight is 248 g/mol. The molecular formula is C16H28N2. The fourth-order valence-corrected chi connectivity index (χ4v) is 2.80. The zero-order valence-electron chi connectivity index (χ0n) is 12.4. The summed E-state index contributed by atoms with van der Waals surface area (Å²) in [7, 11) is 2.22. The fraction of sp³-hybridized carbons (Fsp3) is 0.750. The van der Waals surface area contributed by atoms with Crippen molar-refractivity contribution in [2.45, 2.75) is 52.5 Å². The Morgan fingerprint density at radius 2 is 1.78 bits per heavy atom. The molecule has 0 aromatic rings. The van der Waals surface area contributed by atoms with Gasteiger partial charge in [0.15, 0.2) is 0 Å². The van der Waals surface area contributed by atoms with Crippen LogP contribution in [-0.4, -0.2) is 31.1 Å². The monoisotopic (exact) mass is 248 g/mol. The molecule has 1 aliphatic heterocycles. The van der Waals surface area contributed by atoms with Gasteiger partial charge < -0.3 is 10.2 Å². The molecule has 18 heavy (non-hydrogen) atoms. The number of allylic oxidation sites excluding steroid dienone is 4. The summed E-state index contributed by atoms with van der Waals surface area (Å²) in [6.07, 6.45) is 9.61. The van der Waals surface area contributed by atoms with Crippen LogP contribution in [0, 0.1) is 5.41 Å².